The first-order valence-electron chi connectivity index (χ1n) is 17.3. The second kappa shape index (κ2) is 23.5. The summed E-state index contributed by atoms with van der Waals surface area (Å²) >= 11 is 0. The van der Waals surface area contributed by atoms with E-state index in [0.717, 1.165) is 24.8 Å². The minimum Gasteiger partial charge on any atom is -0.487 e. The van der Waals surface area contributed by atoms with Crippen molar-refractivity contribution in [3.05, 3.63) is 65.7 Å². The zero-order chi connectivity index (χ0) is 35.1. The summed E-state index contributed by atoms with van der Waals surface area (Å²) in [7, 11) is -3.45. The lowest BCUT2D eigenvalue weighted by molar-refractivity contribution is -0.153. The van der Waals surface area contributed by atoms with Crippen molar-refractivity contribution in [1.82, 2.24) is 10.3 Å². The molecule has 2 rings (SSSR count). The number of unbranched alkanes of at least 4 members (excludes halogenated alkanes) is 10. The van der Waals surface area contributed by atoms with Crippen LogP contribution in [0.1, 0.15) is 109 Å². The molecule has 0 unspecified atom stereocenters. The van der Waals surface area contributed by atoms with E-state index in [4.69, 9.17) is 18.5 Å². The lowest BCUT2D eigenvalue weighted by Gasteiger charge is -2.18. The highest BCUT2D eigenvalue weighted by Gasteiger charge is 2.28. The van der Waals surface area contributed by atoms with E-state index < -0.39 is 26.4 Å². The van der Waals surface area contributed by atoms with Gasteiger partial charge in [0.25, 0.3) is 0 Å². The Labute approximate surface area is 284 Å². The maximum absolute atomic E-state index is 13.1. The third-order valence-corrected chi connectivity index (χ3v) is 9.20. The molecule has 0 aliphatic heterocycles. The molecule has 2 aromatic rings. The number of benzene rings is 1. The summed E-state index contributed by atoms with van der Waals surface area (Å²) in [5.74, 6) is 1.94. The van der Waals surface area contributed by atoms with Crippen LogP contribution in [0.4, 0.5) is 13.2 Å². The smallest absolute Gasteiger partial charge is 0.422 e. The molecule has 0 aliphatic carbocycles. The fourth-order valence-corrected chi connectivity index (χ4v) is 6.40. The molecule has 270 valence electrons. The van der Waals surface area contributed by atoms with Crippen molar-refractivity contribution in [3.63, 3.8) is 0 Å². The van der Waals surface area contributed by atoms with Crippen LogP contribution in [0.3, 0.4) is 0 Å². The summed E-state index contributed by atoms with van der Waals surface area (Å²) < 4.78 is 71.8. The number of nitrogens with one attached hydrogen (secondary N) is 1. The highest BCUT2D eigenvalue weighted by Crippen LogP contribution is 2.49. The second-order valence-electron chi connectivity index (χ2n) is 11.7. The minimum absolute atomic E-state index is 0.0349. The molecular weight excluding hydrogens is 644 g/mol. The Kier molecular flexibility index (Phi) is 20.2. The Morgan fingerprint density at radius 2 is 1.46 bits per heavy atom. The molecule has 0 aliphatic rings. The van der Waals surface area contributed by atoms with Crippen LogP contribution in [0, 0.1) is 0 Å². The largest absolute Gasteiger partial charge is 0.487 e. The van der Waals surface area contributed by atoms with Gasteiger partial charge in [-0.25, -0.2) is 0 Å². The molecule has 1 aromatic heterocycles. The monoisotopic (exact) mass is 698 g/mol. The molecule has 1 heterocycles. The Morgan fingerprint density at radius 3 is 2.04 bits per heavy atom. The van der Waals surface area contributed by atoms with E-state index in [-0.39, 0.29) is 31.5 Å². The first kappa shape index (κ1) is 41.3. The molecule has 1 N–H and O–H groups in total. The molecule has 0 fully saturated rings. The number of amides is 1. The fraction of sp³-hybridized carbons (Fsp3) is 0.611. The van der Waals surface area contributed by atoms with Crippen LogP contribution in [-0.4, -0.2) is 42.9 Å². The van der Waals surface area contributed by atoms with Crippen LogP contribution in [0.25, 0.3) is 0 Å². The summed E-state index contributed by atoms with van der Waals surface area (Å²) in [6, 6.07) is 9.54. The molecule has 48 heavy (non-hydrogen) atoms. The number of alkyl halides is 3. The maximum Gasteiger partial charge on any atom is 0.422 e. The van der Waals surface area contributed by atoms with Gasteiger partial charge in [-0.05, 0) is 50.5 Å². The van der Waals surface area contributed by atoms with Gasteiger partial charge in [0, 0.05) is 24.5 Å². The van der Waals surface area contributed by atoms with Crippen molar-refractivity contribution >= 4 is 13.5 Å². The molecule has 0 bridgehead atoms. The van der Waals surface area contributed by atoms with Crippen LogP contribution in [0.2, 0.25) is 0 Å². The molecule has 0 saturated carbocycles. The van der Waals surface area contributed by atoms with E-state index >= 15 is 0 Å². The van der Waals surface area contributed by atoms with Gasteiger partial charge in [0.1, 0.15) is 18.1 Å². The third kappa shape index (κ3) is 19.2. The second-order valence-corrected chi connectivity index (χ2v) is 13.6. The Balaban J connectivity index is 1.92. The van der Waals surface area contributed by atoms with Crippen LogP contribution in [0.5, 0.6) is 11.5 Å². The minimum atomic E-state index is -4.43. The number of halogens is 3. The number of hydrogen-bond acceptors (Lipinski definition) is 7. The normalized spacial score (nSPS) is 12.7. The van der Waals surface area contributed by atoms with Gasteiger partial charge >= 0.3 is 13.8 Å². The van der Waals surface area contributed by atoms with Crippen LogP contribution >= 0.6 is 7.60 Å². The fourth-order valence-electron chi connectivity index (χ4n) is 5.01. The van der Waals surface area contributed by atoms with Crippen LogP contribution in [-0.2, 0) is 31.4 Å². The number of carbonyl (C=O) groups is 1. The Morgan fingerprint density at radius 1 is 0.854 bits per heavy atom. The van der Waals surface area contributed by atoms with E-state index in [0.29, 0.717) is 24.3 Å². The number of rotatable bonds is 26. The summed E-state index contributed by atoms with van der Waals surface area (Å²) in [6.07, 6.45) is 12.7. The molecule has 1 atom stereocenters. The van der Waals surface area contributed by atoms with E-state index in [1.54, 1.807) is 32.1 Å². The topological polar surface area (TPSA) is 96.0 Å². The van der Waals surface area contributed by atoms with Crippen molar-refractivity contribution in [2.75, 3.05) is 19.8 Å². The zero-order valence-electron chi connectivity index (χ0n) is 28.8. The number of hydrogen-bond donors (Lipinski definition) is 1. The van der Waals surface area contributed by atoms with Gasteiger partial charge in [0.2, 0.25) is 5.91 Å². The number of ether oxygens (including phenoxy) is 2. The summed E-state index contributed by atoms with van der Waals surface area (Å²) in [4.78, 5) is 17.0. The van der Waals surface area contributed by atoms with E-state index in [2.05, 4.69) is 17.2 Å². The number of pyridine rings is 1. The maximum atomic E-state index is 13.1. The van der Waals surface area contributed by atoms with Gasteiger partial charge < -0.3 is 23.8 Å². The summed E-state index contributed by atoms with van der Waals surface area (Å²) in [5.41, 5.74) is 1.31. The van der Waals surface area contributed by atoms with E-state index in [1.807, 2.05) is 12.1 Å². The van der Waals surface area contributed by atoms with Crippen molar-refractivity contribution in [2.24, 2.45) is 0 Å². The molecule has 8 nitrogen and oxygen atoms in total. The molecule has 1 aromatic carbocycles. The van der Waals surface area contributed by atoms with E-state index in [1.165, 1.54) is 75.5 Å². The van der Waals surface area contributed by atoms with Crippen molar-refractivity contribution in [1.29, 1.82) is 0 Å². The van der Waals surface area contributed by atoms with Gasteiger partial charge in [0.15, 0.2) is 6.61 Å². The average molecular weight is 699 g/mol. The van der Waals surface area contributed by atoms with Gasteiger partial charge in [0.05, 0.1) is 24.9 Å². The van der Waals surface area contributed by atoms with Gasteiger partial charge in [-0.2, -0.15) is 13.2 Å². The number of carbonyl (C=O) groups excluding carboxylic acids is 1. The summed E-state index contributed by atoms with van der Waals surface area (Å²) in [6.45, 7) is 4.81. The van der Waals surface area contributed by atoms with Gasteiger partial charge in [-0.3, -0.25) is 14.3 Å². The zero-order valence-corrected chi connectivity index (χ0v) is 29.7. The average Bonchev–Trinajstić information content (AvgIpc) is 3.05. The van der Waals surface area contributed by atoms with Gasteiger partial charge in [-0.15, -0.1) is 0 Å². The van der Waals surface area contributed by atoms with Gasteiger partial charge in [-0.1, -0.05) is 89.3 Å². The predicted octanol–water partition coefficient (Wildman–Crippen LogP) is 10.1. The lowest BCUT2D eigenvalue weighted by atomic mass is 10.0. The first-order valence-corrected chi connectivity index (χ1v) is 18.9. The number of nitrogens with zero attached hydrogens (tertiary/aromatic N) is 1. The van der Waals surface area contributed by atoms with Crippen LogP contribution in [0.15, 0.2) is 54.5 Å². The van der Waals surface area contributed by atoms with Crippen molar-refractivity contribution < 1.29 is 41.1 Å². The quantitative estimate of drug-likeness (QED) is 0.0772. The van der Waals surface area contributed by atoms with Crippen molar-refractivity contribution in [3.8, 4) is 11.5 Å². The van der Waals surface area contributed by atoms with E-state index in [9.17, 15) is 22.5 Å². The van der Waals surface area contributed by atoms with Crippen LogP contribution < -0.4 is 14.8 Å². The molecule has 0 saturated heterocycles. The molecule has 0 spiro atoms. The third-order valence-electron chi connectivity index (χ3n) is 7.43. The predicted molar refractivity (Wildman–Crippen MR) is 183 cm³/mol. The Hall–Kier alpha value is -2.88. The molecule has 1 amide bonds. The lowest BCUT2D eigenvalue weighted by Crippen LogP contribution is -2.34. The Bertz CT molecular complexity index is 1230. The number of aromatic nitrogens is 1. The molecule has 0 radical (unpaired) electrons. The highest BCUT2D eigenvalue weighted by atomic mass is 31.2. The van der Waals surface area contributed by atoms with Crippen molar-refractivity contribution in [2.45, 2.75) is 123 Å². The summed E-state index contributed by atoms with van der Waals surface area (Å²) in [5, 5.41) is 3.06. The highest BCUT2D eigenvalue weighted by molar-refractivity contribution is 7.57. The molecular formula is C36H54F3N2O6P. The SMILES string of the molecule is CCCCCCCCCCCCCC(=O)N[C@@H](/C=C/P(=O)(OCC)OCC)Cc1ccc(OCc2cc(OCC(F)(F)F)ccn2)cc1. The molecule has 12 heteroatoms. The standard InChI is InChI=1S/C36H54F3N2O6P/c1-4-7-8-9-10-11-12-13-14-15-16-17-35(42)41-31(23-25-48(43,46-5-2)47-6-3)26-30-18-20-33(21-19-30)44-28-32-27-34(22-24-40-32)45-29-36(37,38)39/h18-25,27,31H,4-17,26,28-29H2,1-3H3,(H,41,42)/b25-23+/t31-/m0/s1. The first-order chi connectivity index (χ1) is 23.1.